The normalized spacial score (nSPS) is 16.7. The van der Waals surface area contributed by atoms with E-state index >= 15 is 0 Å². The Morgan fingerprint density at radius 2 is 0.500 bits per heavy atom. The second-order valence-electron chi connectivity index (χ2n) is 7.76. The van der Waals surface area contributed by atoms with E-state index in [1.165, 1.54) is 0 Å². The maximum absolute atomic E-state index is 14.0. The van der Waals surface area contributed by atoms with Gasteiger partial charge in [0.15, 0.2) is 0 Å². The van der Waals surface area contributed by atoms with Gasteiger partial charge in [-0.25, -0.2) is 0 Å². The highest BCUT2D eigenvalue weighted by Crippen LogP contribution is 2.87. The molecule has 0 aliphatic rings. The Labute approximate surface area is 218 Å². The third-order valence-electron chi connectivity index (χ3n) is 5.66. The molecule has 0 radical (unpaired) electrons. The molecule has 0 bridgehead atoms. The summed E-state index contributed by atoms with van der Waals surface area (Å²) < 4.78 is 373. The van der Waals surface area contributed by atoms with Gasteiger partial charge in [0.25, 0.3) is 17.2 Å². The van der Waals surface area contributed by atoms with Gasteiger partial charge in [0.2, 0.25) is 10.8 Å². The Kier molecular flexibility index (Phi) is 9.35. The first-order valence-corrected chi connectivity index (χ1v) is 8.92. The zero-order valence-electron chi connectivity index (χ0n) is 18.4. The van der Waals surface area contributed by atoms with Crippen LogP contribution < -0.4 is 5.11 Å². The van der Waals surface area contributed by atoms with E-state index in [-0.39, 0.29) is 0 Å². The van der Waals surface area contributed by atoms with Crippen LogP contribution in [-0.4, -0.2) is 67.3 Å². The zero-order chi connectivity index (χ0) is 36.8. The Morgan fingerprint density at radius 1 is 0.318 bits per heavy atom. The molecule has 0 aromatic heterocycles. The van der Waals surface area contributed by atoms with Crippen molar-refractivity contribution in [3.63, 3.8) is 0 Å². The van der Waals surface area contributed by atoms with Crippen molar-refractivity contribution in [2.45, 2.75) is 61.2 Å². The minimum absolute atomic E-state index is 1.03. The van der Waals surface area contributed by atoms with Crippen molar-refractivity contribution in [3.05, 3.63) is 0 Å². The summed E-state index contributed by atoms with van der Waals surface area (Å²) in [4.78, 5) is 10.4. The Balaban J connectivity index is 10.8. The van der Waals surface area contributed by atoms with Crippen LogP contribution in [0.1, 0.15) is 0 Å². The van der Waals surface area contributed by atoms with Crippen LogP contribution in [0.15, 0.2) is 0 Å². The van der Waals surface area contributed by atoms with Gasteiger partial charge in [-0.3, -0.25) is 0 Å². The van der Waals surface area contributed by atoms with Gasteiger partial charge in [0.05, 0.1) is 0 Å². The lowest BCUT2D eigenvalue weighted by Gasteiger charge is -2.65. The molecule has 0 saturated carbocycles. The molecule has 0 heterocycles. The van der Waals surface area contributed by atoms with E-state index in [9.17, 15) is 128 Å². The third-order valence-corrected chi connectivity index (χ3v) is 5.66. The summed E-state index contributed by atoms with van der Waals surface area (Å²) in [5.74, 6) is 0. The van der Waals surface area contributed by atoms with Crippen LogP contribution >= 0.6 is 0 Å². The average molecular weight is 729 g/mol. The summed E-state index contributed by atoms with van der Waals surface area (Å²) >= 11 is 0. The van der Waals surface area contributed by atoms with Gasteiger partial charge < -0.3 is 14.6 Å². The quantitative estimate of drug-likeness (QED) is 0.217. The minimum Gasteiger partial charge on any atom is -0.524 e. The van der Waals surface area contributed by atoms with Crippen LogP contribution in [0.2, 0.25) is 0 Å². The summed E-state index contributed by atoms with van der Waals surface area (Å²) in [5, 5.41) is 10.4. The summed E-state index contributed by atoms with van der Waals surface area (Å²) in [5.41, 5.74) is -44.7. The molecule has 0 saturated heterocycles. The standard InChI is InChI=1S/C14HF27O3/c15-6(16,17)2(7(18,19)20,4(10(27,28)29,11(30,31)32)12(33,34)35)3(8(21,22)23,9(24,25)26)5(13(36,37)38,14(39,40)41)44-1(42)43/h(H,42,43)/p-1. The predicted octanol–water partition coefficient (Wildman–Crippen LogP) is 8.11. The van der Waals surface area contributed by atoms with E-state index in [4.69, 9.17) is 0 Å². The van der Waals surface area contributed by atoms with Gasteiger partial charge in [0, 0.05) is 0 Å². The van der Waals surface area contributed by atoms with Crippen molar-refractivity contribution in [2.24, 2.45) is 16.2 Å². The largest absolute Gasteiger partial charge is 0.524 e. The lowest BCUT2D eigenvalue weighted by molar-refractivity contribution is -0.610. The van der Waals surface area contributed by atoms with Gasteiger partial charge in [-0.05, 0) is 0 Å². The average Bonchev–Trinajstić information content (AvgIpc) is 2.56. The predicted molar refractivity (Wildman–Crippen MR) is 71.0 cm³/mol. The number of carbonyl (C=O) groups excluding carboxylic acids is 1. The minimum atomic E-state index is -11.7. The SMILES string of the molecule is O=C([O-])OC(C(F)(F)F)(C(F)(F)F)C(C(F)(F)F)(C(F)(F)F)C(C(F)(F)F)(C(F)(F)F)C(C(F)(F)F)(C(F)(F)F)C(F)(F)F. The first-order valence-electron chi connectivity index (χ1n) is 8.92. The number of carboxylic acid groups (broad SMARTS) is 1. The van der Waals surface area contributed by atoms with E-state index in [2.05, 4.69) is 0 Å². The van der Waals surface area contributed by atoms with Crippen LogP contribution in [0.25, 0.3) is 0 Å². The summed E-state index contributed by atoms with van der Waals surface area (Å²) in [6, 6.07) is 0. The van der Waals surface area contributed by atoms with Crippen LogP contribution in [0.4, 0.5) is 123 Å². The van der Waals surface area contributed by atoms with Gasteiger partial charge in [-0.2, -0.15) is 119 Å². The molecule has 0 aliphatic heterocycles. The van der Waals surface area contributed by atoms with Crippen molar-refractivity contribution >= 4 is 6.16 Å². The number of carbonyl (C=O) groups is 1. The summed E-state index contributed by atoms with van der Waals surface area (Å²) in [6.07, 6.45) is -97.7. The Bertz CT molecular complexity index is 968. The van der Waals surface area contributed by atoms with Gasteiger partial charge >= 0.3 is 55.6 Å². The molecule has 0 aromatic carbocycles. The van der Waals surface area contributed by atoms with Crippen LogP contribution in [0.5, 0.6) is 0 Å². The van der Waals surface area contributed by atoms with Crippen molar-refractivity contribution in [1.82, 2.24) is 0 Å². The zero-order valence-corrected chi connectivity index (χ0v) is 18.4. The molecule has 0 N–H and O–H groups in total. The summed E-state index contributed by atoms with van der Waals surface area (Å²) in [7, 11) is 0. The number of hydrogen-bond acceptors (Lipinski definition) is 3. The molecule has 0 fully saturated rings. The second-order valence-corrected chi connectivity index (χ2v) is 7.76. The third kappa shape index (κ3) is 4.76. The van der Waals surface area contributed by atoms with E-state index in [0.717, 1.165) is 4.74 Å². The van der Waals surface area contributed by atoms with Crippen LogP contribution in [0.3, 0.4) is 0 Å². The van der Waals surface area contributed by atoms with Crippen molar-refractivity contribution < 1.29 is 133 Å². The van der Waals surface area contributed by atoms with Crippen molar-refractivity contribution in [1.29, 1.82) is 0 Å². The Hall–Kier alpha value is -2.62. The van der Waals surface area contributed by atoms with E-state index in [1.54, 1.807) is 0 Å². The number of ether oxygens (including phenoxy) is 1. The molecular weight excluding hydrogens is 729 g/mol. The molecule has 0 unspecified atom stereocenters. The van der Waals surface area contributed by atoms with E-state index in [0.29, 0.717) is 0 Å². The molecule has 0 aromatic rings. The highest BCUT2D eigenvalue weighted by Gasteiger charge is 3.14. The molecule has 0 atom stereocenters. The van der Waals surface area contributed by atoms with Gasteiger partial charge in [-0.15, -0.1) is 0 Å². The first-order chi connectivity index (χ1) is 18.4. The molecule has 3 nitrogen and oxygen atoms in total. The fourth-order valence-electron chi connectivity index (χ4n) is 4.56. The van der Waals surface area contributed by atoms with Crippen LogP contribution in [-0.2, 0) is 4.74 Å². The van der Waals surface area contributed by atoms with Gasteiger partial charge in [-0.1, -0.05) is 0 Å². The molecule has 30 heteroatoms. The van der Waals surface area contributed by atoms with Gasteiger partial charge in [0.1, 0.15) is 0 Å². The highest BCUT2D eigenvalue weighted by atomic mass is 19.5. The second kappa shape index (κ2) is 9.94. The molecular formula is C14F27O3-. The number of alkyl halides is 27. The smallest absolute Gasteiger partial charge is 0.421 e. The highest BCUT2D eigenvalue weighted by molar-refractivity contribution is 5.56. The monoisotopic (exact) mass is 729 g/mol. The molecule has 0 spiro atoms. The van der Waals surface area contributed by atoms with Crippen molar-refractivity contribution in [3.8, 4) is 0 Å². The number of rotatable bonds is 4. The maximum Gasteiger partial charge on any atom is 0.421 e. The molecule has 44 heavy (non-hydrogen) atoms. The number of hydrogen-bond donors (Lipinski definition) is 0. The lowest BCUT2D eigenvalue weighted by atomic mass is 9.42. The topological polar surface area (TPSA) is 49.4 Å². The molecule has 0 aliphatic carbocycles. The van der Waals surface area contributed by atoms with Crippen LogP contribution in [0, 0.1) is 16.2 Å². The fourth-order valence-corrected chi connectivity index (χ4v) is 4.56. The molecule has 0 rings (SSSR count). The molecule has 264 valence electrons. The molecule has 0 amide bonds. The lowest BCUT2D eigenvalue weighted by Crippen LogP contribution is -2.92. The summed E-state index contributed by atoms with van der Waals surface area (Å²) in [6.45, 7) is 0. The fraction of sp³-hybridized carbons (Fsp3) is 0.929. The van der Waals surface area contributed by atoms with E-state index < -0.39 is 83.6 Å². The number of halogens is 27. The first kappa shape index (κ1) is 41.4. The maximum atomic E-state index is 14.0. The van der Waals surface area contributed by atoms with E-state index in [1.807, 2.05) is 0 Å². The Morgan fingerprint density at radius 3 is 0.614 bits per heavy atom. The van der Waals surface area contributed by atoms with Crippen molar-refractivity contribution in [2.75, 3.05) is 0 Å².